The Labute approximate surface area is 170 Å². The molecule has 0 saturated carbocycles. The molecule has 0 aliphatic rings. The lowest BCUT2D eigenvalue weighted by Crippen LogP contribution is -2.23. The van der Waals surface area contributed by atoms with E-state index in [0.717, 1.165) is 23.3 Å². The fourth-order valence-corrected chi connectivity index (χ4v) is 4.04. The van der Waals surface area contributed by atoms with Crippen LogP contribution in [0.4, 0.5) is 0 Å². The van der Waals surface area contributed by atoms with Gasteiger partial charge in [0, 0.05) is 10.5 Å². The Hall–Kier alpha value is -2.64. The third-order valence-electron chi connectivity index (χ3n) is 4.18. The monoisotopic (exact) mass is 409 g/mol. The van der Waals surface area contributed by atoms with E-state index in [9.17, 15) is 4.79 Å². The van der Waals surface area contributed by atoms with Crippen LogP contribution in [-0.2, 0) is 0 Å². The molecule has 0 saturated heterocycles. The summed E-state index contributed by atoms with van der Waals surface area (Å²) in [5.74, 6) is 1.36. The van der Waals surface area contributed by atoms with Crippen LogP contribution in [0.5, 0.6) is 5.75 Å². The fourth-order valence-electron chi connectivity index (χ4n) is 2.73. The van der Waals surface area contributed by atoms with Gasteiger partial charge in [0.1, 0.15) is 5.75 Å². The minimum Gasteiger partial charge on any atom is -0.494 e. The quantitative estimate of drug-likeness (QED) is 0.453. The van der Waals surface area contributed by atoms with Gasteiger partial charge in [-0.3, -0.25) is 4.79 Å². The number of ether oxygens (including phenoxy) is 1. The molecule has 0 unspecified atom stereocenters. The molecule has 0 fully saturated rings. The van der Waals surface area contributed by atoms with Crippen molar-refractivity contribution in [3.05, 3.63) is 69.0 Å². The van der Waals surface area contributed by atoms with Gasteiger partial charge < -0.3 is 4.74 Å². The van der Waals surface area contributed by atoms with Crippen LogP contribution in [0.3, 0.4) is 0 Å². The zero-order chi connectivity index (χ0) is 19.5. The highest BCUT2D eigenvalue weighted by Gasteiger charge is 2.12. The van der Waals surface area contributed by atoms with Crippen LogP contribution in [0.25, 0.3) is 22.4 Å². The summed E-state index contributed by atoms with van der Waals surface area (Å²) in [7, 11) is 0. The number of rotatable bonds is 6. The van der Waals surface area contributed by atoms with Gasteiger partial charge in [-0.25, -0.2) is 0 Å². The topological polar surface area (TPSA) is 56.5 Å². The van der Waals surface area contributed by atoms with E-state index in [-0.39, 0.29) is 5.56 Å². The van der Waals surface area contributed by atoms with Crippen molar-refractivity contribution in [3.63, 3.8) is 0 Å². The molecule has 0 amide bonds. The van der Waals surface area contributed by atoms with Gasteiger partial charge in [-0.15, -0.1) is 16.9 Å². The van der Waals surface area contributed by atoms with E-state index in [1.54, 1.807) is 11.8 Å². The zero-order valence-electron chi connectivity index (χ0n) is 15.6. The lowest BCUT2D eigenvalue weighted by molar-refractivity contribution is 0.317. The van der Waals surface area contributed by atoms with Gasteiger partial charge in [-0.05, 0) is 60.7 Å². The molecule has 142 valence electrons. The maximum atomic E-state index is 12.7. The lowest BCUT2D eigenvalue weighted by Gasteiger charge is -2.04. The second kappa shape index (κ2) is 8.16. The summed E-state index contributed by atoms with van der Waals surface area (Å²) in [5, 5.41) is 4.40. The Morgan fingerprint density at radius 2 is 1.89 bits per heavy atom. The number of benzene rings is 2. The summed E-state index contributed by atoms with van der Waals surface area (Å²) in [6.45, 7) is 2.76. The number of hydrogen-bond donors (Lipinski definition) is 0. The molecular weight excluding hydrogens is 390 g/mol. The Morgan fingerprint density at radius 3 is 2.54 bits per heavy atom. The average Bonchev–Trinajstić information content (AvgIpc) is 3.27. The molecule has 7 heteroatoms. The number of thioether (sulfide) groups is 1. The minimum absolute atomic E-state index is 0.143. The van der Waals surface area contributed by atoms with E-state index < -0.39 is 0 Å². The number of hydrogen-bond acceptors (Lipinski definition) is 6. The van der Waals surface area contributed by atoms with Gasteiger partial charge in [0.25, 0.3) is 5.56 Å². The first-order valence-electron chi connectivity index (χ1n) is 8.96. The largest absolute Gasteiger partial charge is 0.494 e. The molecule has 2 aromatic heterocycles. The van der Waals surface area contributed by atoms with Crippen molar-refractivity contribution in [1.82, 2.24) is 14.6 Å². The number of thiazole rings is 1. The van der Waals surface area contributed by atoms with Gasteiger partial charge in [-0.2, -0.15) is 9.50 Å². The molecule has 28 heavy (non-hydrogen) atoms. The van der Waals surface area contributed by atoms with Crippen molar-refractivity contribution in [2.45, 2.75) is 18.2 Å². The van der Waals surface area contributed by atoms with E-state index in [0.29, 0.717) is 21.9 Å². The summed E-state index contributed by atoms with van der Waals surface area (Å²) < 4.78 is 7.60. The maximum absolute atomic E-state index is 12.7. The summed E-state index contributed by atoms with van der Waals surface area (Å²) in [5.41, 5.74) is 1.70. The van der Waals surface area contributed by atoms with Crippen molar-refractivity contribution in [3.8, 4) is 17.1 Å². The molecule has 0 radical (unpaired) electrons. The Balaban J connectivity index is 1.64. The summed E-state index contributed by atoms with van der Waals surface area (Å²) in [6, 6.07) is 15.7. The maximum Gasteiger partial charge on any atom is 0.291 e. The highest BCUT2D eigenvalue weighted by atomic mass is 32.2. The SMILES string of the molecule is CCCOc1ccc(-c2nc3sc(=Cc4ccc(SC)cc4)c(=O)n3n2)cc1. The smallest absolute Gasteiger partial charge is 0.291 e. The van der Waals surface area contributed by atoms with E-state index in [1.807, 2.05) is 60.9 Å². The Bertz CT molecular complexity index is 1200. The molecule has 4 aromatic rings. The van der Waals surface area contributed by atoms with Crippen LogP contribution in [0, 0.1) is 0 Å². The van der Waals surface area contributed by atoms with Gasteiger partial charge in [0.05, 0.1) is 11.1 Å². The molecule has 0 aliphatic heterocycles. The van der Waals surface area contributed by atoms with E-state index in [4.69, 9.17) is 4.74 Å². The molecule has 4 rings (SSSR count). The lowest BCUT2D eigenvalue weighted by atomic mass is 10.2. The second-order valence-electron chi connectivity index (χ2n) is 6.19. The van der Waals surface area contributed by atoms with Crippen molar-refractivity contribution in [2.24, 2.45) is 0 Å². The molecule has 0 spiro atoms. The van der Waals surface area contributed by atoms with E-state index in [1.165, 1.54) is 20.7 Å². The van der Waals surface area contributed by atoms with Gasteiger partial charge in [0.2, 0.25) is 4.96 Å². The Morgan fingerprint density at radius 1 is 1.14 bits per heavy atom. The molecule has 0 atom stereocenters. The summed E-state index contributed by atoms with van der Waals surface area (Å²) >= 11 is 3.04. The summed E-state index contributed by atoms with van der Waals surface area (Å²) in [4.78, 5) is 19.0. The molecule has 0 N–H and O–H groups in total. The van der Waals surface area contributed by atoms with Crippen molar-refractivity contribution >= 4 is 34.1 Å². The molecule has 2 aromatic carbocycles. The van der Waals surface area contributed by atoms with Crippen molar-refractivity contribution < 1.29 is 4.74 Å². The number of nitrogens with zero attached hydrogens (tertiary/aromatic N) is 3. The molecule has 0 aliphatic carbocycles. The van der Waals surface area contributed by atoms with E-state index >= 15 is 0 Å². The molecular formula is C21H19N3O2S2. The minimum atomic E-state index is -0.143. The van der Waals surface area contributed by atoms with Crippen LogP contribution < -0.4 is 14.8 Å². The highest BCUT2D eigenvalue weighted by Crippen LogP contribution is 2.20. The third kappa shape index (κ3) is 3.81. The third-order valence-corrected chi connectivity index (χ3v) is 5.88. The van der Waals surface area contributed by atoms with Crippen LogP contribution >= 0.6 is 23.1 Å². The standard InChI is InChI=1S/C21H19N3O2S2/c1-3-12-26-16-8-6-15(7-9-16)19-22-21-24(23-19)20(25)18(28-21)13-14-4-10-17(27-2)11-5-14/h4-11,13H,3,12H2,1-2H3. The van der Waals surface area contributed by atoms with Gasteiger partial charge in [0.15, 0.2) is 5.82 Å². The van der Waals surface area contributed by atoms with Crippen LogP contribution in [0.15, 0.2) is 58.2 Å². The van der Waals surface area contributed by atoms with Crippen molar-refractivity contribution in [2.75, 3.05) is 12.9 Å². The van der Waals surface area contributed by atoms with E-state index in [2.05, 4.69) is 17.0 Å². The van der Waals surface area contributed by atoms with Gasteiger partial charge in [-0.1, -0.05) is 30.4 Å². The van der Waals surface area contributed by atoms with Crippen LogP contribution in [-0.4, -0.2) is 27.5 Å². The first-order chi connectivity index (χ1) is 13.7. The predicted molar refractivity (Wildman–Crippen MR) is 115 cm³/mol. The van der Waals surface area contributed by atoms with Crippen molar-refractivity contribution in [1.29, 1.82) is 0 Å². The van der Waals surface area contributed by atoms with Gasteiger partial charge >= 0.3 is 0 Å². The second-order valence-corrected chi connectivity index (χ2v) is 8.08. The highest BCUT2D eigenvalue weighted by molar-refractivity contribution is 7.98. The predicted octanol–water partition coefficient (Wildman–Crippen LogP) is 3.88. The molecule has 0 bridgehead atoms. The molecule has 5 nitrogen and oxygen atoms in total. The first kappa shape index (κ1) is 18.7. The fraction of sp³-hybridized carbons (Fsp3) is 0.190. The molecule has 2 heterocycles. The zero-order valence-corrected chi connectivity index (χ0v) is 17.2. The number of aromatic nitrogens is 3. The average molecular weight is 410 g/mol. The first-order valence-corrected chi connectivity index (χ1v) is 11.0. The Kier molecular flexibility index (Phi) is 5.45. The number of fused-ring (bicyclic) bond motifs is 1. The normalized spacial score (nSPS) is 12.0. The van der Waals surface area contributed by atoms with Crippen LogP contribution in [0.2, 0.25) is 0 Å². The van der Waals surface area contributed by atoms with Crippen LogP contribution in [0.1, 0.15) is 18.9 Å². The summed E-state index contributed by atoms with van der Waals surface area (Å²) in [6.07, 6.45) is 4.89.